The molecule has 0 fully saturated rings. The standard InChI is InChI=1S/C19H20N2O5/c1-11-4-5-12(18(20)22)8-14(11)21-19(23)13-9-16-17(10-15(13)24-2)26-7-3-6-25-16/h4-5,8-10H,3,6-7H2,1-2H3,(H2,20,22)(H,21,23). The lowest BCUT2D eigenvalue weighted by Crippen LogP contribution is -2.16. The zero-order valence-corrected chi connectivity index (χ0v) is 14.6. The fourth-order valence-corrected chi connectivity index (χ4v) is 2.64. The van der Waals surface area contributed by atoms with Gasteiger partial charge in [-0.2, -0.15) is 0 Å². The van der Waals surface area contributed by atoms with Crippen LogP contribution in [0.2, 0.25) is 0 Å². The average molecular weight is 356 g/mol. The van der Waals surface area contributed by atoms with Gasteiger partial charge in [-0.25, -0.2) is 0 Å². The number of ether oxygens (including phenoxy) is 3. The molecule has 0 spiro atoms. The first-order chi connectivity index (χ1) is 12.5. The van der Waals surface area contributed by atoms with Gasteiger partial charge < -0.3 is 25.3 Å². The van der Waals surface area contributed by atoms with E-state index < -0.39 is 5.91 Å². The van der Waals surface area contributed by atoms with Crippen LogP contribution in [-0.4, -0.2) is 32.1 Å². The smallest absolute Gasteiger partial charge is 0.259 e. The van der Waals surface area contributed by atoms with Gasteiger partial charge in [0.25, 0.3) is 5.91 Å². The van der Waals surface area contributed by atoms with Crippen molar-refractivity contribution in [1.29, 1.82) is 0 Å². The first-order valence-corrected chi connectivity index (χ1v) is 8.19. The van der Waals surface area contributed by atoms with Crippen molar-refractivity contribution in [3.8, 4) is 17.2 Å². The number of aryl methyl sites for hydroxylation is 1. The summed E-state index contributed by atoms with van der Waals surface area (Å²) < 4.78 is 16.6. The molecule has 0 unspecified atom stereocenters. The summed E-state index contributed by atoms with van der Waals surface area (Å²) >= 11 is 0. The zero-order valence-electron chi connectivity index (χ0n) is 14.6. The molecule has 0 aliphatic carbocycles. The number of hydrogen-bond acceptors (Lipinski definition) is 5. The Labute approximate surface area is 151 Å². The molecule has 2 amide bonds. The minimum absolute atomic E-state index is 0.306. The van der Waals surface area contributed by atoms with Gasteiger partial charge in [-0.1, -0.05) is 6.07 Å². The number of carbonyl (C=O) groups excluding carboxylic acids is 2. The minimum Gasteiger partial charge on any atom is -0.496 e. The number of methoxy groups -OCH3 is 1. The number of amides is 2. The molecule has 26 heavy (non-hydrogen) atoms. The Morgan fingerprint density at radius 3 is 2.46 bits per heavy atom. The van der Waals surface area contributed by atoms with Crippen molar-refractivity contribution in [3.63, 3.8) is 0 Å². The second-order valence-corrected chi connectivity index (χ2v) is 5.90. The van der Waals surface area contributed by atoms with E-state index in [2.05, 4.69) is 5.32 Å². The molecule has 0 atom stereocenters. The van der Waals surface area contributed by atoms with Gasteiger partial charge in [-0.3, -0.25) is 9.59 Å². The normalized spacial score (nSPS) is 12.8. The molecule has 0 aromatic heterocycles. The minimum atomic E-state index is -0.561. The summed E-state index contributed by atoms with van der Waals surface area (Å²) in [5, 5.41) is 2.80. The molecule has 2 aromatic carbocycles. The van der Waals surface area contributed by atoms with Crippen LogP contribution in [0.1, 0.15) is 32.7 Å². The average Bonchev–Trinajstić information content (AvgIpc) is 2.86. The number of hydrogen-bond donors (Lipinski definition) is 2. The highest BCUT2D eigenvalue weighted by atomic mass is 16.5. The molecule has 7 heteroatoms. The van der Waals surface area contributed by atoms with Crippen molar-refractivity contribution in [1.82, 2.24) is 0 Å². The maximum atomic E-state index is 12.8. The van der Waals surface area contributed by atoms with Crippen LogP contribution in [0, 0.1) is 6.92 Å². The number of nitrogens with two attached hydrogens (primary N) is 1. The first-order valence-electron chi connectivity index (χ1n) is 8.19. The van der Waals surface area contributed by atoms with E-state index in [0.29, 0.717) is 47.3 Å². The molecule has 3 rings (SSSR count). The summed E-state index contributed by atoms with van der Waals surface area (Å²) in [5.41, 5.74) is 7.23. The maximum Gasteiger partial charge on any atom is 0.259 e. The van der Waals surface area contributed by atoms with E-state index in [4.69, 9.17) is 19.9 Å². The highest BCUT2D eigenvalue weighted by Gasteiger charge is 2.20. The van der Waals surface area contributed by atoms with Crippen molar-refractivity contribution in [3.05, 3.63) is 47.0 Å². The molecule has 136 valence electrons. The molecule has 1 aliphatic heterocycles. The van der Waals surface area contributed by atoms with E-state index in [1.165, 1.54) is 7.11 Å². The number of rotatable bonds is 4. The molecule has 0 radical (unpaired) electrons. The first kappa shape index (κ1) is 17.6. The summed E-state index contributed by atoms with van der Waals surface area (Å²) in [4.78, 5) is 24.2. The number of carbonyl (C=O) groups is 2. The van der Waals surface area contributed by atoms with Gasteiger partial charge in [-0.05, 0) is 24.6 Å². The van der Waals surface area contributed by atoms with Crippen molar-refractivity contribution in [2.75, 3.05) is 25.6 Å². The largest absolute Gasteiger partial charge is 0.496 e. The molecule has 1 heterocycles. The van der Waals surface area contributed by atoms with Gasteiger partial charge in [0.1, 0.15) is 5.75 Å². The maximum absolute atomic E-state index is 12.8. The van der Waals surface area contributed by atoms with Crippen molar-refractivity contribution in [2.45, 2.75) is 13.3 Å². The Hall–Kier alpha value is -3.22. The van der Waals surface area contributed by atoms with E-state index >= 15 is 0 Å². The number of benzene rings is 2. The lowest BCUT2D eigenvalue weighted by atomic mass is 10.1. The van der Waals surface area contributed by atoms with Crippen molar-refractivity contribution >= 4 is 17.5 Å². The van der Waals surface area contributed by atoms with Gasteiger partial charge in [0.2, 0.25) is 5.91 Å². The SMILES string of the molecule is COc1cc2c(cc1C(=O)Nc1cc(C(N)=O)ccc1C)OCCCO2. The second kappa shape index (κ2) is 7.35. The number of fused-ring (bicyclic) bond motifs is 1. The van der Waals surface area contributed by atoms with Gasteiger partial charge >= 0.3 is 0 Å². The van der Waals surface area contributed by atoms with E-state index in [1.54, 1.807) is 30.3 Å². The lowest BCUT2D eigenvalue weighted by molar-refractivity contribution is 0.0995. The fraction of sp³-hybridized carbons (Fsp3) is 0.263. The van der Waals surface area contributed by atoms with Gasteiger partial charge in [0.15, 0.2) is 11.5 Å². The molecule has 0 saturated carbocycles. The Bertz CT molecular complexity index is 863. The Morgan fingerprint density at radius 2 is 1.81 bits per heavy atom. The van der Waals surface area contributed by atoms with Crippen molar-refractivity contribution < 1.29 is 23.8 Å². The predicted octanol–water partition coefficient (Wildman–Crippen LogP) is 2.52. The lowest BCUT2D eigenvalue weighted by Gasteiger charge is -2.15. The number of primary amides is 1. The highest BCUT2D eigenvalue weighted by molar-refractivity contribution is 6.07. The Morgan fingerprint density at radius 1 is 1.12 bits per heavy atom. The van der Waals surface area contributed by atoms with Crippen LogP contribution >= 0.6 is 0 Å². The van der Waals surface area contributed by atoms with E-state index in [-0.39, 0.29) is 5.91 Å². The molecular weight excluding hydrogens is 336 g/mol. The fourth-order valence-electron chi connectivity index (χ4n) is 2.64. The number of nitrogens with one attached hydrogen (secondary N) is 1. The molecule has 3 N–H and O–H groups in total. The monoisotopic (exact) mass is 356 g/mol. The van der Waals surface area contributed by atoms with E-state index in [0.717, 1.165) is 12.0 Å². The molecule has 0 saturated heterocycles. The third-order valence-corrected chi connectivity index (χ3v) is 4.08. The molecule has 2 aromatic rings. The van der Waals surface area contributed by atoms with Crippen LogP contribution in [0.3, 0.4) is 0 Å². The highest BCUT2D eigenvalue weighted by Crippen LogP contribution is 2.36. The third kappa shape index (κ3) is 3.56. The predicted molar refractivity (Wildman–Crippen MR) is 96.3 cm³/mol. The van der Waals surface area contributed by atoms with Gasteiger partial charge in [0, 0.05) is 29.8 Å². The summed E-state index contributed by atoms with van der Waals surface area (Å²) in [6, 6.07) is 8.12. The summed E-state index contributed by atoms with van der Waals surface area (Å²) in [5.74, 6) is 0.463. The second-order valence-electron chi connectivity index (χ2n) is 5.90. The molecule has 1 aliphatic rings. The topological polar surface area (TPSA) is 99.9 Å². The van der Waals surface area contributed by atoms with Crippen LogP contribution in [-0.2, 0) is 0 Å². The third-order valence-electron chi connectivity index (χ3n) is 4.08. The van der Waals surface area contributed by atoms with Crippen LogP contribution < -0.4 is 25.3 Å². The van der Waals surface area contributed by atoms with E-state index in [1.807, 2.05) is 6.92 Å². The molecule has 7 nitrogen and oxygen atoms in total. The summed E-state index contributed by atoms with van der Waals surface area (Å²) in [7, 11) is 1.48. The van der Waals surface area contributed by atoms with Crippen LogP contribution in [0.4, 0.5) is 5.69 Å². The Kier molecular flexibility index (Phi) is 4.97. The van der Waals surface area contributed by atoms with E-state index in [9.17, 15) is 9.59 Å². The van der Waals surface area contributed by atoms with Crippen LogP contribution in [0.5, 0.6) is 17.2 Å². The summed E-state index contributed by atoms with van der Waals surface area (Å²) in [6.07, 6.45) is 0.762. The van der Waals surface area contributed by atoms with Gasteiger partial charge in [0.05, 0.1) is 25.9 Å². The van der Waals surface area contributed by atoms with Crippen molar-refractivity contribution in [2.24, 2.45) is 5.73 Å². The Balaban J connectivity index is 1.94. The molecule has 0 bridgehead atoms. The molecular formula is C19H20N2O5. The van der Waals surface area contributed by atoms with Crippen LogP contribution in [0.15, 0.2) is 30.3 Å². The number of anilines is 1. The van der Waals surface area contributed by atoms with Crippen LogP contribution in [0.25, 0.3) is 0 Å². The van der Waals surface area contributed by atoms with Gasteiger partial charge in [-0.15, -0.1) is 0 Å². The quantitative estimate of drug-likeness (QED) is 0.877. The summed E-state index contributed by atoms with van der Waals surface area (Å²) in [6.45, 7) is 2.88. The zero-order chi connectivity index (χ0) is 18.7.